The highest BCUT2D eigenvalue weighted by Gasteiger charge is 2.61. The molecule has 2 heterocycles. The molecule has 1 saturated carbocycles. The number of ether oxygens (including phenoxy) is 1. The summed E-state index contributed by atoms with van der Waals surface area (Å²) in [7, 11) is -3.86. The predicted octanol–water partition coefficient (Wildman–Crippen LogP) is 3.43. The fourth-order valence-corrected chi connectivity index (χ4v) is 5.68. The van der Waals surface area contributed by atoms with Crippen LogP contribution in [0.1, 0.15) is 34.5 Å². The molecule has 29 heavy (non-hydrogen) atoms. The number of hydrogen-bond donors (Lipinski definition) is 0. The number of carbonyl (C=O) groups excluding carboxylic acids is 1. The zero-order chi connectivity index (χ0) is 21.0. The van der Waals surface area contributed by atoms with Crippen molar-refractivity contribution >= 4 is 32.1 Å². The number of carbonyl (C=O) groups is 1. The summed E-state index contributed by atoms with van der Waals surface area (Å²) < 4.78 is 67.1. The Morgan fingerprint density at radius 2 is 2.14 bits per heavy atom. The number of benzene rings is 1. The molecule has 1 aliphatic carbocycles. The molecule has 1 aromatic carbocycles. The van der Waals surface area contributed by atoms with Gasteiger partial charge in [0, 0.05) is 25.6 Å². The number of ketones is 1. The molecule has 2 atom stereocenters. The first-order valence-electron chi connectivity index (χ1n) is 8.82. The number of alkyl halides is 3. The van der Waals surface area contributed by atoms with Crippen LogP contribution in [0.25, 0.3) is 0 Å². The van der Waals surface area contributed by atoms with Crippen molar-refractivity contribution < 1.29 is 31.1 Å². The highest BCUT2D eigenvalue weighted by Crippen LogP contribution is 2.53. The molecule has 0 amide bonds. The lowest BCUT2D eigenvalue weighted by Gasteiger charge is -2.24. The van der Waals surface area contributed by atoms with E-state index < -0.39 is 26.0 Å². The van der Waals surface area contributed by atoms with Crippen LogP contribution in [-0.2, 0) is 14.6 Å². The van der Waals surface area contributed by atoms with Gasteiger partial charge in [0.15, 0.2) is 5.13 Å². The summed E-state index contributed by atoms with van der Waals surface area (Å²) in [6.45, 7) is 0.792. The number of thiazole rings is 1. The maximum Gasteiger partial charge on any atom is 0.501 e. The molecule has 1 spiro atoms. The third-order valence-electron chi connectivity index (χ3n) is 5.45. The number of methoxy groups -OCH3 is 1. The fraction of sp³-hybridized carbons (Fsp3) is 0.444. The molecule has 6 nitrogen and oxygen atoms in total. The summed E-state index contributed by atoms with van der Waals surface area (Å²) in [5, 5.41) is 0.657. The van der Waals surface area contributed by atoms with Crippen molar-refractivity contribution in [1.29, 1.82) is 0 Å². The smallest absolute Gasteiger partial charge is 0.379 e. The minimum atomic E-state index is -5.53. The lowest BCUT2D eigenvalue weighted by molar-refractivity contribution is -0.0436. The molecule has 1 aromatic heterocycles. The van der Waals surface area contributed by atoms with Crippen LogP contribution in [0, 0.1) is 0 Å². The Kier molecular flexibility index (Phi) is 4.74. The zero-order valence-electron chi connectivity index (χ0n) is 15.3. The number of anilines is 1. The Balaban J connectivity index is 1.60. The first-order chi connectivity index (χ1) is 13.6. The van der Waals surface area contributed by atoms with Crippen LogP contribution < -0.4 is 4.90 Å². The van der Waals surface area contributed by atoms with Crippen molar-refractivity contribution in [2.45, 2.75) is 41.3 Å². The number of halogens is 3. The molecule has 0 N–H and O–H groups in total. The Morgan fingerprint density at radius 3 is 2.79 bits per heavy atom. The Bertz CT molecular complexity index is 1070. The van der Waals surface area contributed by atoms with Gasteiger partial charge in [-0.1, -0.05) is 23.5 Å². The molecule has 2 aromatic rings. The molecule has 1 saturated heterocycles. The minimum absolute atomic E-state index is 0.0897. The maximum atomic E-state index is 12.8. The monoisotopic (exact) mass is 446 g/mol. The predicted molar refractivity (Wildman–Crippen MR) is 100.0 cm³/mol. The van der Waals surface area contributed by atoms with Crippen LogP contribution in [0.15, 0.2) is 35.4 Å². The minimum Gasteiger partial charge on any atom is -0.379 e. The van der Waals surface area contributed by atoms with Crippen LogP contribution in [0.4, 0.5) is 18.3 Å². The quantitative estimate of drug-likeness (QED) is 0.655. The van der Waals surface area contributed by atoms with Gasteiger partial charge in [-0.15, -0.1) is 0 Å². The van der Waals surface area contributed by atoms with E-state index in [1.165, 1.54) is 12.3 Å². The van der Waals surface area contributed by atoms with Crippen molar-refractivity contribution in [3.8, 4) is 0 Å². The second-order valence-electron chi connectivity index (χ2n) is 7.10. The summed E-state index contributed by atoms with van der Waals surface area (Å²) in [4.78, 5) is 18.5. The van der Waals surface area contributed by atoms with Gasteiger partial charge in [0.1, 0.15) is 0 Å². The van der Waals surface area contributed by atoms with Crippen LogP contribution in [-0.4, -0.2) is 50.0 Å². The molecule has 1 aliphatic heterocycles. The van der Waals surface area contributed by atoms with Crippen molar-refractivity contribution in [2.24, 2.45) is 0 Å². The molecule has 156 valence electrons. The molecule has 4 rings (SSSR count). The molecule has 1 unspecified atom stereocenters. The average molecular weight is 446 g/mol. The van der Waals surface area contributed by atoms with E-state index >= 15 is 0 Å². The van der Waals surface area contributed by atoms with E-state index in [-0.39, 0.29) is 22.1 Å². The number of aromatic nitrogens is 1. The van der Waals surface area contributed by atoms with Crippen molar-refractivity contribution in [3.63, 3.8) is 0 Å². The standard InChI is InChI=1S/C18H17F3N2O4S2/c1-27-14-9-17(14)6-3-7-23(17)16-22-10-13(28-16)15(24)11-4-2-5-12(8-11)29(25,26)18(19,20)21/h2,4-5,8,10,14H,3,6-7,9H2,1H3/t14-,17?/m0/s1. The second kappa shape index (κ2) is 6.78. The van der Waals surface area contributed by atoms with Crippen LogP contribution in [0.3, 0.4) is 0 Å². The maximum absolute atomic E-state index is 12.8. The SMILES string of the molecule is CO[C@H]1CC12CCCN2c1ncc(C(=O)c2cccc(S(=O)(=O)C(F)(F)F)c2)s1. The van der Waals surface area contributed by atoms with E-state index in [1.807, 2.05) is 0 Å². The molecule has 11 heteroatoms. The second-order valence-corrected chi connectivity index (χ2v) is 10.1. The van der Waals surface area contributed by atoms with E-state index in [9.17, 15) is 26.4 Å². The highest BCUT2D eigenvalue weighted by atomic mass is 32.2. The third kappa shape index (κ3) is 3.24. The van der Waals surface area contributed by atoms with Gasteiger partial charge < -0.3 is 9.64 Å². The van der Waals surface area contributed by atoms with Crippen molar-refractivity contribution in [3.05, 3.63) is 40.9 Å². The van der Waals surface area contributed by atoms with Gasteiger partial charge in [-0.25, -0.2) is 13.4 Å². The van der Waals surface area contributed by atoms with E-state index in [0.717, 1.165) is 55.3 Å². The largest absolute Gasteiger partial charge is 0.501 e. The first kappa shape index (κ1) is 20.3. The van der Waals surface area contributed by atoms with Gasteiger partial charge in [-0.05, 0) is 25.0 Å². The van der Waals surface area contributed by atoms with E-state index in [1.54, 1.807) is 7.11 Å². The average Bonchev–Trinajstić information content (AvgIpc) is 2.99. The molecular weight excluding hydrogens is 429 g/mol. The van der Waals surface area contributed by atoms with Gasteiger partial charge in [0.2, 0.25) is 5.78 Å². The number of nitrogens with zero attached hydrogens (tertiary/aromatic N) is 2. The Labute approximate surface area is 169 Å². The number of sulfone groups is 1. The number of rotatable bonds is 5. The summed E-state index contributed by atoms with van der Waals surface area (Å²) in [6.07, 6.45) is 4.36. The molecule has 0 bridgehead atoms. The van der Waals surface area contributed by atoms with Crippen LogP contribution in [0.5, 0.6) is 0 Å². The van der Waals surface area contributed by atoms with E-state index in [4.69, 9.17) is 4.74 Å². The van der Waals surface area contributed by atoms with E-state index in [0.29, 0.717) is 5.13 Å². The van der Waals surface area contributed by atoms with Gasteiger partial charge in [-0.2, -0.15) is 13.2 Å². The van der Waals surface area contributed by atoms with Gasteiger partial charge in [0.25, 0.3) is 9.84 Å². The lowest BCUT2D eigenvalue weighted by atomic mass is 10.1. The van der Waals surface area contributed by atoms with Crippen LogP contribution >= 0.6 is 11.3 Å². The summed E-state index contributed by atoms with van der Waals surface area (Å²) in [5.41, 5.74) is -5.66. The summed E-state index contributed by atoms with van der Waals surface area (Å²) >= 11 is 1.14. The zero-order valence-corrected chi connectivity index (χ0v) is 16.9. The van der Waals surface area contributed by atoms with Crippen LogP contribution in [0.2, 0.25) is 0 Å². The third-order valence-corrected chi connectivity index (χ3v) is 7.95. The Hall–Kier alpha value is -1.98. The van der Waals surface area contributed by atoms with Gasteiger partial charge >= 0.3 is 5.51 Å². The molecule has 0 radical (unpaired) electrons. The summed E-state index contributed by atoms with van der Waals surface area (Å²) in [6, 6.07) is 3.99. The first-order valence-corrected chi connectivity index (χ1v) is 11.1. The fourth-order valence-electron chi connectivity index (χ4n) is 3.87. The topological polar surface area (TPSA) is 76.6 Å². The summed E-state index contributed by atoms with van der Waals surface area (Å²) in [5.74, 6) is -0.569. The van der Waals surface area contributed by atoms with E-state index in [2.05, 4.69) is 9.88 Å². The molecular formula is C18H17F3N2O4S2. The van der Waals surface area contributed by atoms with Crippen molar-refractivity contribution in [1.82, 2.24) is 4.98 Å². The molecule has 2 fully saturated rings. The normalized spacial score (nSPS) is 24.3. The van der Waals surface area contributed by atoms with Crippen molar-refractivity contribution in [2.75, 3.05) is 18.6 Å². The van der Waals surface area contributed by atoms with Gasteiger partial charge in [-0.3, -0.25) is 4.79 Å². The Morgan fingerprint density at radius 1 is 1.38 bits per heavy atom. The molecule has 2 aliphatic rings. The number of hydrogen-bond acceptors (Lipinski definition) is 7. The lowest BCUT2D eigenvalue weighted by Crippen LogP contribution is -2.34. The highest BCUT2D eigenvalue weighted by molar-refractivity contribution is 7.92. The van der Waals surface area contributed by atoms with Gasteiger partial charge in [0.05, 0.1) is 27.6 Å².